The van der Waals surface area contributed by atoms with E-state index in [1.54, 1.807) is 31.6 Å². The van der Waals surface area contributed by atoms with E-state index in [4.69, 9.17) is 4.42 Å². The SMILES string of the molecule is CC(O)(CNC(=O)/C=C/c1ccoc1)c1cccs1. The van der Waals surface area contributed by atoms with Crippen LogP contribution in [-0.2, 0) is 10.4 Å². The molecule has 0 aliphatic carbocycles. The summed E-state index contributed by atoms with van der Waals surface area (Å²) in [6, 6.07) is 5.47. The van der Waals surface area contributed by atoms with Crippen molar-refractivity contribution in [2.24, 2.45) is 0 Å². The fourth-order valence-electron chi connectivity index (χ4n) is 1.53. The normalized spacial score (nSPS) is 14.4. The lowest BCUT2D eigenvalue weighted by Gasteiger charge is -2.21. The predicted octanol–water partition coefficient (Wildman–Crippen LogP) is 2.38. The topological polar surface area (TPSA) is 62.5 Å². The third kappa shape index (κ3) is 3.81. The number of thiophene rings is 1. The Labute approximate surface area is 115 Å². The van der Waals surface area contributed by atoms with Crippen LogP contribution in [-0.4, -0.2) is 17.6 Å². The van der Waals surface area contributed by atoms with Gasteiger partial charge in [0.25, 0.3) is 0 Å². The summed E-state index contributed by atoms with van der Waals surface area (Å²) < 4.78 is 4.89. The van der Waals surface area contributed by atoms with Gasteiger partial charge in [-0.15, -0.1) is 11.3 Å². The number of hydrogen-bond donors (Lipinski definition) is 2. The largest absolute Gasteiger partial charge is 0.472 e. The highest BCUT2D eigenvalue weighted by Gasteiger charge is 2.24. The van der Waals surface area contributed by atoms with Gasteiger partial charge in [0.05, 0.1) is 19.1 Å². The van der Waals surface area contributed by atoms with Crippen molar-refractivity contribution in [1.82, 2.24) is 5.32 Å². The summed E-state index contributed by atoms with van der Waals surface area (Å²) in [7, 11) is 0. The molecule has 2 aromatic rings. The zero-order chi connectivity index (χ0) is 13.7. The fraction of sp³-hybridized carbons (Fsp3) is 0.214. The van der Waals surface area contributed by atoms with Crippen LogP contribution in [0.5, 0.6) is 0 Å². The van der Waals surface area contributed by atoms with Crippen LogP contribution in [0.2, 0.25) is 0 Å². The van der Waals surface area contributed by atoms with Gasteiger partial charge in [-0.25, -0.2) is 0 Å². The van der Waals surface area contributed by atoms with Gasteiger partial charge in [-0.05, 0) is 30.5 Å². The maximum atomic E-state index is 11.6. The standard InChI is InChI=1S/C14H15NO3S/c1-14(17,12-3-2-8-19-12)10-15-13(16)5-4-11-6-7-18-9-11/h2-9,17H,10H2,1H3,(H,15,16)/b5-4+. The van der Waals surface area contributed by atoms with E-state index in [1.807, 2.05) is 17.5 Å². The summed E-state index contributed by atoms with van der Waals surface area (Å²) in [5.41, 5.74) is -0.229. The van der Waals surface area contributed by atoms with Crippen LogP contribution < -0.4 is 5.32 Å². The molecule has 0 aromatic carbocycles. The van der Waals surface area contributed by atoms with Crippen LogP contribution in [0.25, 0.3) is 6.08 Å². The molecule has 2 N–H and O–H groups in total. The molecule has 100 valence electrons. The van der Waals surface area contributed by atoms with Crippen molar-refractivity contribution in [2.45, 2.75) is 12.5 Å². The molecule has 4 nitrogen and oxygen atoms in total. The zero-order valence-electron chi connectivity index (χ0n) is 10.5. The van der Waals surface area contributed by atoms with Crippen LogP contribution in [0.15, 0.2) is 46.6 Å². The number of rotatable bonds is 5. The highest BCUT2D eigenvalue weighted by atomic mass is 32.1. The van der Waals surface area contributed by atoms with E-state index in [0.717, 1.165) is 10.4 Å². The molecule has 0 saturated heterocycles. The van der Waals surface area contributed by atoms with Crippen molar-refractivity contribution in [3.63, 3.8) is 0 Å². The van der Waals surface area contributed by atoms with Gasteiger partial charge >= 0.3 is 0 Å². The monoisotopic (exact) mass is 277 g/mol. The third-order valence-corrected chi connectivity index (χ3v) is 3.75. The molecule has 1 atom stereocenters. The number of carbonyl (C=O) groups is 1. The molecule has 2 heterocycles. The first kappa shape index (κ1) is 13.6. The van der Waals surface area contributed by atoms with Gasteiger partial charge in [-0.2, -0.15) is 0 Å². The summed E-state index contributed by atoms with van der Waals surface area (Å²) in [4.78, 5) is 12.4. The Morgan fingerprint density at radius 2 is 2.42 bits per heavy atom. The van der Waals surface area contributed by atoms with Crippen LogP contribution in [0.3, 0.4) is 0 Å². The smallest absolute Gasteiger partial charge is 0.244 e. The Morgan fingerprint density at radius 1 is 1.58 bits per heavy atom. The van der Waals surface area contributed by atoms with Crippen molar-refractivity contribution in [2.75, 3.05) is 6.54 Å². The van der Waals surface area contributed by atoms with Crippen molar-refractivity contribution < 1.29 is 14.3 Å². The first-order valence-corrected chi connectivity index (χ1v) is 6.70. The van der Waals surface area contributed by atoms with Crippen LogP contribution in [0, 0.1) is 0 Å². The zero-order valence-corrected chi connectivity index (χ0v) is 11.3. The minimum atomic E-state index is -1.05. The van der Waals surface area contributed by atoms with E-state index < -0.39 is 5.60 Å². The van der Waals surface area contributed by atoms with Crippen molar-refractivity contribution in [3.8, 4) is 0 Å². The van der Waals surface area contributed by atoms with Crippen molar-refractivity contribution >= 4 is 23.3 Å². The summed E-state index contributed by atoms with van der Waals surface area (Å²) in [5.74, 6) is -0.252. The molecule has 2 rings (SSSR count). The summed E-state index contributed by atoms with van der Waals surface area (Å²) >= 11 is 1.46. The van der Waals surface area contributed by atoms with Crippen molar-refractivity contribution in [1.29, 1.82) is 0 Å². The van der Waals surface area contributed by atoms with E-state index in [0.29, 0.717) is 0 Å². The molecule has 1 amide bonds. The minimum Gasteiger partial charge on any atom is -0.472 e. The first-order chi connectivity index (χ1) is 9.08. The molecule has 0 aliphatic rings. The molecule has 0 bridgehead atoms. The molecular weight excluding hydrogens is 262 g/mol. The Morgan fingerprint density at radius 3 is 3.05 bits per heavy atom. The summed E-state index contributed by atoms with van der Waals surface area (Å²) in [6.45, 7) is 1.85. The molecule has 1 unspecified atom stereocenters. The van der Waals surface area contributed by atoms with E-state index in [2.05, 4.69) is 5.32 Å². The summed E-state index contributed by atoms with van der Waals surface area (Å²) in [6.07, 6.45) is 6.15. The number of aliphatic hydroxyl groups is 1. The molecule has 19 heavy (non-hydrogen) atoms. The van der Waals surface area contributed by atoms with Crippen LogP contribution >= 0.6 is 11.3 Å². The molecule has 0 aliphatic heterocycles. The average Bonchev–Trinajstić information content (AvgIpc) is 3.06. The molecule has 0 saturated carbocycles. The molecular formula is C14H15NO3S. The maximum Gasteiger partial charge on any atom is 0.244 e. The number of amides is 1. The molecule has 0 fully saturated rings. The number of nitrogens with one attached hydrogen (secondary N) is 1. The van der Waals surface area contributed by atoms with E-state index in [-0.39, 0.29) is 12.5 Å². The second-order valence-corrected chi connectivity index (χ2v) is 5.31. The van der Waals surface area contributed by atoms with Gasteiger partial charge in [-0.3, -0.25) is 4.79 Å². The predicted molar refractivity (Wildman–Crippen MR) is 74.6 cm³/mol. The van der Waals surface area contributed by atoms with Gasteiger partial charge in [0.15, 0.2) is 0 Å². The van der Waals surface area contributed by atoms with Gasteiger partial charge in [0.1, 0.15) is 5.60 Å². The Balaban J connectivity index is 1.87. The second-order valence-electron chi connectivity index (χ2n) is 4.36. The molecule has 2 aromatic heterocycles. The van der Waals surface area contributed by atoms with Crippen molar-refractivity contribution in [3.05, 3.63) is 52.6 Å². The number of carbonyl (C=O) groups excluding carboxylic acids is 1. The Hall–Kier alpha value is -1.85. The second kappa shape index (κ2) is 5.86. The maximum absolute atomic E-state index is 11.6. The van der Waals surface area contributed by atoms with E-state index in [9.17, 15) is 9.90 Å². The number of furan rings is 1. The van der Waals surface area contributed by atoms with E-state index in [1.165, 1.54) is 17.4 Å². The fourth-order valence-corrected chi connectivity index (χ4v) is 2.32. The van der Waals surface area contributed by atoms with Gasteiger partial charge in [-0.1, -0.05) is 6.07 Å². The van der Waals surface area contributed by atoms with Gasteiger partial charge in [0, 0.05) is 16.5 Å². The first-order valence-electron chi connectivity index (χ1n) is 5.82. The third-order valence-electron chi connectivity index (χ3n) is 2.63. The lowest BCUT2D eigenvalue weighted by atomic mass is 10.1. The quantitative estimate of drug-likeness (QED) is 0.825. The summed E-state index contributed by atoms with van der Waals surface area (Å²) in [5, 5.41) is 14.8. The van der Waals surface area contributed by atoms with E-state index >= 15 is 0 Å². The highest BCUT2D eigenvalue weighted by molar-refractivity contribution is 7.10. The average molecular weight is 277 g/mol. The lowest BCUT2D eigenvalue weighted by Crippen LogP contribution is -2.37. The molecule has 5 heteroatoms. The highest BCUT2D eigenvalue weighted by Crippen LogP contribution is 2.24. The Bertz CT molecular complexity index is 541. The molecule has 0 radical (unpaired) electrons. The van der Waals surface area contributed by atoms with Crippen LogP contribution in [0.4, 0.5) is 0 Å². The lowest BCUT2D eigenvalue weighted by molar-refractivity contribution is -0.117. The molecule has 0 spiro atoms. The number of hydrogen-bond acceptors (Lipinski definition) is 4. The van der Waals surface area contributed by atoms with Gasteiger partial charge in [0.2, 0.25) is 5.91 Å². The van der Waals surface area contributed by atoms with Crippen LogP contribution in [0.1, 0.15) is 17.4 Å². The van der Waals surface area contributed by atoms with Gasteiger partial charge < -0.3 is 14.8 Å². The minimum absolute atomic E-state index is 0.169. The Kier molecular flexibility index (Phi) is 4.19.